The Labute approximate surface area is 128 Å². The van der Waals surface area contributed by atoms with Gasteiger partial charge in [-0.05, 0) is 24.1 Å². The summed E-state index contributed by atoms with van der Waals surface area (Å²) in [6.45, 7) is 4.46. The fourth-order valence-electron chi connectivity index (χ4n) is 1.30. The van der Waals surface area contributed by atoms with Crippen molar-refractivity contribution in [1.29, 1.82) is 5.26 Å². The van der Waals surface area contributed by atoms with Gasteiger partial charge in [-0.3, -0.25) is 4.79 Å². The molecule has 6 heteroatoms. The van der Waals surface area contributed by atoms with Crippen molar-refractivity contribution < 1.29 is 4.79 Å². The summed E-state index contributed by atoms with van der Waals surface area (Å²) in [5, 5.41) is 15.4. The van der Waals surface area contributed by atoms with Crippen LogP contribution in [0.5, 0.6) is 0 Å². The summed E-state index contributed by atoms with van der Waals surface area (Å²) in [4.78, 5) is 11.7. The van der Waals surface area contributed by atoms with Crippen LogP contribution in [0.15, 0.2) is 30.0 Å². The van der Waals surface area contributed by atoms with E-state index in [-0.39, 0.29) is 5.57 Å². The average molecular weight is 312 g/mol. The van der Waals surface area contributed by atoms with E-state index in [0.29, 0.717) is 28.2 Å². The molecule has 0 aromatic heterocycles. The number of nitrogens with one attached hydrogen (secondary N) is 2. The Morgan fingerprint density at radius 3 is 2.70 bits per heavy atom. The minimum atomic E-state index is -0.418. The number of amides is 1. The molecule has 0 aliphatic rings. The molecule has 1 amide bonds. The Morgan fingerprint density at radius 1 is 1.45 bits per heavy atom. The fraction of sp³-hybridized carbons (Fsp3) is 0.286. The van der Waals surface area contributed by atoms with Gasteiger partial charge in [0.25, 0.3) is 5.91 Å². The zero-order valence-corrected chi connectivity index (χ0v) is 12.7. The standard InChI is InChI=1S/C14H15Cl2N3O/c1-9(2)7-19-14(20)10(6-17)8-18-13-4-3-11(15)5-12(13)16/h3-5,8-9,18H,7H2,1-2H3,(H,19,20)/b10-8-. The molecule has 0 saturated heterocycles. The van der Waals surface area contributed by atoms with Gasteiger partial charge in [-0.25, -0.2) is 0 Å². The van der Waals surface area contributed by atoms with Crippen molar-refractivity contribution in [2.45, 2.75) is 13.8 Å². The predicted molar refractivity (Wildman–Crippen MR) is 81.6 cm³/mol. The van der Waals surface area contributed by atoms with Gasteiger partial charge in [-0.2, -0.15) is 5.26 Å². The molecule has 0 atom stereocenters. The van der Waals surface area contributed by atoms with Crippen LogP contribution < -0.4 is 10.6 Å². The lowest BCUT2D eigenvalue weighted by atomic mass is 10.2. The first-order valence-electron chi connectivity index (χ1n) is 6.04. The van der Waals surface area contributed by atoms with Crippen LogP contribution in [-0.2, 0) is 4.79 Å². The Kier molecular flexibility index (Phi) is 6.37. The van der Waals surface area contributed by atoms with Crippen molar-refractivity contribution in [2.24, 2.45) is 5.92 Å². The summed E-state index contributed by atoms with van der Waals surface area (Å²) in [6.07, 6.45) is 1.32. The van der Waals surface area contributed by atoms with Crippen LogP contribution >= 0.6 is 23.2 Å². The Bertz CT molecular complexity index is 562. The first-order chi connectivity index (χ1) is 9.43. The Morgan fingerprint density at radius 2 is 2.15 bits per heavy atom. The molecule has 0 fully saturated rings. The summed E-state index contributed by atoms with van der Waals surface area (Å²) in [5.41, 5.74) is 0.553. The second-order valence-corrected chi connectivity index (χ2v) is 5.39. The summed E-state index contributed by atoms with van der Waals surface area (Å²) >= 11 is 11.8. The van der Waals surface area contributed by atoms with Gasteiger partial charge in [0.2, 0.25) is 0 Å². The second-order valence-electron chi connectivity index (χ2n) is 4.54. The van der Waals surface area contributed by atoms with Crippen LogP contribution in [0.3, 0.4) is 0 Å². The number of hydrogen-bond donors (Lipinski definition) is 2. The zero-order valence-electron chi connectivity index (χ0n) is 11.2. The van der Waals surface area contributed by atoms with Crippen LogP contribution in [0, 0.1) is 17.2 Å². The van der Waals surface area contributed by atoms with Crippen molar-refractivity contribution >= 4 is 34.8 Å². The fourth-order valence-corrected chi connectivity index (χ4v) is 1.76. The first-order valence-corrected chi connectivity index (χ1v) is 6.79. The molecule has 106 valence electrons. The molecular weight excluding hydrogens is 297 g/mol. The quantitative estimate of drug-likeness (QED) is 0.645. The largest absolute Gasteiger partial charge is 0.359 e. The third-order valence-corrected chi connectivity index (χ3v) is 2.89. The summed E-state index contributed by atoms with van der Waals surface area (Å²) < 4.78 is 0. The average Bonchev–Trinajstić information content (AvgIpc) is 2.39. The zero-order chi connectivity index (χ0) is 15.1. The van der Waals surface area contributed by atoms with Crippen molar-refractivity contribution in [3.05, 3.63) is 40.0 Å². The lowest BCUT2D eigenvalue weighted by molar-refractivity contribution is -0.117. The molecule has 0 spiro atoms. The minimum Gasteiger partial charge on any atom is -0.359 e. The number of rotatable bonds is 5. The van der Waals surface area contributed by atoms with E-state index in [0.717, 1.165) is 0 Å². The van der Waals surface area contributed by atoms with Crippen molar-refractivity contribution in [1.82, 2.24) is 5.32 Å². The Hall–Kier alpha value is -1.70. The third kappa shape index (κ3) is 5.12. The van der Waals surface area contributed by atoms with Crippen molar-refractivity contribution in [3.63, 3.8) is 0 Å². The molecule has 0 saturated carbocycles. The number of carbonyl (C=O) groups excluding carboxylic acids is 1. The van der Waals surface area contributed by atoms with Gasteiger partial charge in [0.05, 0.1) is 10.7 Å². The maximum Gasteiger partial charge on any atom is 0.263 e. The van der Waals surface area contributed by atoms with E-state index in [1.807, 2.05) is 19.9 Å². The lowest BCUT2D eigenvalue weighted by Crippen LogP contribution is -2.28. The lowest BCUT2D eigenvalue weighted by Gasteiger charge is -2.08. The predicted octanol–water partition coefficient (Wildman–Crippen LogP) is 3.58. The molecule has 0 aliphatic carbocycles. The highest BCUT2D eigenvalue weighted by molar-refractivity contribution is 6.36. The van der Waals surface area contributed by atoms with Crippen molar-refractivity contribution in [3.8, 4) is 6.07 Å². The van der Waals surface area contributed by atoms with Gasteiger partial charge in [0.1, 0.15) is 11.6 Å². The topological polar surface area (TPSA) is 64.9 Å². The van der Waals surface area contributed by atoms with Crippen LogP contribution in [0.4, 0.5) is 5.69 Å². The minimum absolute atomic E-state index is 0.0170. The number of nitriles is 1. The van der Waals surface area contributed by atoms with Crippen molar-refractivity contribution in [2.75, 3.05) is 11.9 Å². The van der Waals surface area contributed by atoms with Gasteiger partial charge in [-0.1, -0.05) is 37.0 Å². The first kappa shape index (κ1) is 16.4. The number of carbonyl (C=O) groups is 1. The number of anilines is 1. The monoisotopic (exact) mass is 311 g/mol. The number of benzene rings is 1. The molecule has 20 heavy (non-hydrogen) atoms. The van der Waals surface area contributed by atoms with E-state index >= 15 is 0 Å². The van der Waals surface area contributed by atoms with Gasteiger partial charge in [0, 0.05) is 17.8 Å². The molecular formula is C14H15Cl2N3O. The maximum absolute atomic E-state index is 11.7. The highest BCUT2D eigenvalue weighted by Crippen LogP contribution is 2.25. The molecule has 0 aliphatic heterocycles. The van der Waals surface area contributed by atoms with Gasteiger partial charge >= 0.3 is 0 Å². The molecule has 4 nitrogen and oxygen atoms in total. The third-order valence-electron chi connectivity index (χ3n) is 2.34. The molecule has 1 aromatic rings. The van der Waals surface area contributed by atoms with E-state index < -0.39 is 5.91 Å². The van der Waals surface area contributed by atoms with E-state index in [9.17, 15) is 4.79 Å². The maximum atomic E-state index is 11.7. The van der Waals surface area contributed by atoms with E-state index in [2.05, 4.69) is 10.6 Å². The molecule has 0 radical (unpaired) electrons. The normalized spacial score (nSPS) is 11.1. The van der Waals surface area contributed by atoms with Gasteiger partial charge < -0.3 is 10.6 Å². The van der Waals surface area contributed by atoms with Gasteiger partial charge in [0.15, 0.2) is 0 Å². The van der Waals surface area contributed by atoms with Crippen LogP contribution in [-0.4, -0.2) is 12.5 Å². The van der Waals surface area contributed by atoms with E-state index in [4.69, 9.17) is 28.5 Å². The highest BCUT2D eigenvalue weighted by Gasteiger charge is 2.09. The summed E-state index contributed by atoms with van der Waals surface area (Å²) in [5.74, 6) is -0.101. The number of hydrogen-bond acceptors (Lipinski definition) is 3. The number of halogens is 2. The molecule has 0 heterocycles. The highest BCUT2D eigenvalue weighted by atomic mass is 35.5. The second kappa shape index (κ2) is 7.78. The van der Waals surface area contributed by atoms with Crippen LogP contribution in [0.1, 0.15) is 13.8 Å². The molecule has 1 rings (SSSR count). The van der Waals surface area contributed by atoms with Gasteiger partial charge in [-0.15, -0.1) is 0 Å². The summed E-state index contributed by atoms with van der Waals surface area (Å²) in [7, 11) is 0. The Balaban J connectivity index is 2.75. The van der Waals surface area contributed by atoms with E-state index in [1.54, 1.807) is 18.2 Å². The smallest absolute Gasteiger partial charge is 0.263 e. The van der Waals surface area contributed by atoms with E-state index in [1.165, 1.54) is 6.20 Å². The summed E-state index contributed by atoms with van der Waals surface area (Å²) in [6, 6.07) is 6.75. The number of nitrogens with zero attached hydrogens (tertiary/aromatic N) is 1. The SMILES string of the molecule is CC(C)CNC(=O)/C(C#N)=C\Nc1ccc(Cl)cc1Cl. The van der Waals surface area contributed by atoms with Crippen LogP contribution in [0.2, 0.25) is 10.0 Å². The molecule has 1 aromatic carbocycles. The van der Waals surface area contributed by atoms with Crippen LogP contribution in [0.25, 0.3) is 0 Å². The molecule has 0 unspecified atom stereocenters. The molecule has 2 N–H and O–H groups in total. The molecule has 0 bridgehead atoms.